The zero-order valence-corrected chi connectivity index (χ0v) is 13.6. The molecule has 1 saturated heterocycles. The standard InChI is InChI=1S/C16H23BrN2/c1-10-6-13(7-11(2)16(10)17)18-14-8-12(3)19(9-14)15-4-5-15/h6-7,12,14-15,18H,4-5,8-9H2,1-3H3. The topological polar surface area (TPSA) is 15.3 Å². The Labute approximate surface area is 124 Å². The molecule has 1 aromatic carbocycles. The highest BCUT2D eigenvalue weighted by Gasteiger charge is 2.38. The van der Waals surface area contributed by atoms with Gasteiger partial charge in [0.05, 0.1) is 0 Å². The number of rotatable bonds is 3. The number of halogens is 1. The van der Waals surface area contributed by atoms with E-state index >= 15 is 0 Å². The van der Waals surface area contributed by atoms with Gasteiger partial charge in [-0.1, -0.05) is 15.9 Å². The summed E-state index contributed by atoms with van der Waals surface area (Å²) in [4.78, 5) is 2.69. The average molecular weight is 323 g/mol. The Morgan fingerprint density at radius 2 is 1.84 bits per heavy atom. The van der Waals surface area contributed by atoms with Crippen LogP contribution in [-0.2, 0) is 0 Å². The molecule has 1 aliphatic carbocycles. The monoisotopic (exact) mass is 322 g/mol. The van der Waals surface area contributed by atoms with E-state index in [4.69, 9.17) is 0 Å². The summed E-state index contributed by atoms with van der Waals surface area (Å²) < 4.78 is 1.23. The van der Waals surface area contributed by atoms with Gasteiger partial charge in [0.1, 0.15) is 0 Å². The Bertz CT molecular complexity index is 459. The van der Waals surface area contributed by atoms with Gasteiger partial charge in [-0.3, -0.25) is 4.90 Å². The van der Waals surface area contributed by atoms with Gasteiger partial charge in [0.15, 0.2) is 0 Å². The van der Waals surface area contributed by atoms with Crippen LogP contribution in [0.1, 0.15) is 37.3 Å². The molecule has 1 N–H and O–H groups in total. The van der Waals surface area contributed by atoms with Crippen LogP contribution < -0.4 is 5.32 Å². The third kappa shape index (κ3) is 2.82. The van der Waals surface area contributed by atoms with E-state index in [-0.39, 0.29) is 0 Å². The van der Waals surface area contributed by atoms with Gasteiger partial charge in [0.2, 0.25) is 0 Å². The van der Waals surface area contributed by atoms with Crippen molar-refractivity contribution in [2.45, 2.75) is 58.2 Å². The Morgan fingerprint density at radius 3 is 2.42 bits per heavy atom. The first-order valence-corrected chi connectivity index (χ1v) is 8.13. The Morgan fingerprint density at radius 1 is 1.21 bits per heavy atom. The van der Waals surface area contributed by atoms with E-state index in [1.165, 1.54) is 47.1 Å². The molecule has 2 unspecified atom stereocenters. The minimum Gasteiger partial charge on any atom is -0.381 e. The smallest absolute Gasteiger partial charge is 0.0403 e. The van der Waals surface area contributed by atoms with Crippen LogP contribution in [0.5, 0.6) is 0 Å². The van der Waals surface area contributed by atoms with Crippen molar-refractivity contribution in [2.75, 3.05) is 11.9 Å². The van der Waals surface area contributed by atoms with E-state index in [9.17, 15) is 0 Å². The molecule has 0 aromatic heterocycles. The van der Waals surface area contributed by atoms with Crippen LogP contribution in [0.4, 0.5) is 5.69 Å². The molecule has 1 saturated carbocycles. The molecule has 2 fully saturated rings. The number of benzene rings is 1. The SMILES string of the molecule is Cc1cc(NC2CC(C)N(C3CC3)C2)cc(C)c1Br. The van der Waals surface area contributed by atoms with Crippen molar-refractivity contribution >= 4 is 21.6 Å². The van der Waals surface area contributed by atoms with Gasteiger partial charge >= 0.3 is 0 Å². The third-order valence-corrected chi connectivity index (χ3v) is 5.70. The van der Waals surface area contributed by atoms with Crippen molar-refractivity contribution in [1.29, 1.82) is 0 Å². The molecule has 2 nitrogen and oxygen atoms in total. The number of anilines is 1. The molecule has 104 valence electrons. The van der Waals surface area contributed by atoms with Gasteiger partial charge in [-0.05, 0) is 63.3 Å². The van der Waals surface area contributed by atoms with Gasteiger partial charge in [-0.15, -0.1) is 0 Å². The summed E-state index contributed by atoms with van der Waals surface area (Å²) in [5.74, 6) is 0. The van der Waals surface area contributed by atoms with Crippen LogP contribution in [0.25, 0.3) is 0 Å². The summed E-state index contributed by atoms with van der Waals surface area (Å²) in [6.45, 7) is 7.91. The second kappa shape index (κ2) is 5.10. The maximum absolute atomic E-state index is 3.73. The zero-order valence-electron chi connectivity index (χ0n) is 12.0. The van der Waals surface area contributed by atoms with Crippen LogP contribution in [0, 0.1) is 13.8 Å². The average Bonchev–Trinajstić information content (AvgIpc) is 3.11. The van der Waals surface area contributed by atoms with Crippen molar-refractivity contribution in [1.82, 2.24) is 4.90 Å². The molecule has 1 aromatic rings. The highest BCUT2D eigenvalue weighted by atomic mass is 79.9. The molecular formula is C16H23BrN2. The number of nitrogens with zero attached hydrogens (tertiary/aromatic N) is 1. The number of nitrogens with one attached hydrogen (secondary N) is 1. The lowest BCUT2D eigenvalue weighted by atomic mass is 10.1. The minimum absolute atomic E-state index is 0.607. The normalized spacial score (nSPS) is 27.8. The fourth-order valence-electron chi connectivity index (χ4n) is 3.34. The molecule has 1 heterocycles. The first kappa shape index (κ1) is 13.4. The molecule has 0 amide bonds. The fraction of sp³-hybridized carbons (Fsp3) is 0.625. The van der Waals surface area contributed by atoms with Crippen LogP contribution in [0.3, 0.4) is 0 Å². The summed E-state index contributed by atoms with van der Waals surface area (Å²) in [7, 11) is 0. The molecule has 2 aliphatic rings. The van der Waals surface area contributed by atoms with E-state index < -0.39 is 0 Å². The molecule has 0 bridgehead atoms. The Balaban J connectivity index is 1.69. The third-order valence-electron chi connectivity index (χ3n) is 4.45. The van der Waals surface area contributed by atoms with E-state index in [1.54, 1.807) is 0 Å². The van der Waals surface area contributed by atoms with Crippen molar-refractivity contribution in [3.63, 3.8) is 0 Å². The van der Waals surface area contributed by atoms with Crippen molar-refractivity contribution in [3.05, 3.63) is 27.7 Å². The largest absolute Gasteiger partial charge is 0.381 e. The highest BCUT2D eigenvalue weighted by Crippen LogP contribution is 2.34. The molecule has 1 aliphatic heterocycles. The summed E-state index contributed by atoms with van der Waals surface area (Å²) in [6, 6.07) is 6.73. The van der Waals surface area contributed by atoms with Crippen molar-refractivity contribution < 1.29 is 0 Å². The quantitative estimate of drug-likeness (QED) is 0.901. The molecule has 2 atom stereocenters. The summed E-state index contributed by atoms with van der Waals surface area (Å²) in [5, 5.41) is 3.73. The van der Waals surface area contributed by atoms with Crippen LogP contribution in [0.2, 0.25) is 0 Å². The van der Waals surface area contributed by atoms with E-state index in [1.807, 2.05) is 0 Å². The minimum atomic E-state index is 0.607. The number of hydrogen-bond acceptors (Lipinski definition) is 2. The van der Waals surface area contributed by atoms with E-state index in [0.717, 1.165) is 12.1 Å². The van der Waals surface area contributed by atoms with Crippen molar-refractivity contribution in [3.8, 4) is 0 Å². The second-order valence-electron chi connectivity index (χ2n) is 6.28. The maximum atomic E-state index is 3.73. The zero-order chi connectivity index (χ0) is 13.6. The molecule has 19 heavy (non-hydrogen) atoms. The van der Waals surface area contributed by atoms with Gasteiger partial charge in [-0.2, -0.15) is 0 Å². The Hall–Kier alpha value is -0.540. The van der Waals surface area contributed by atoms with Gasteiger partial charge < -0.3 is 5.32 Å². The lowest BCUT2D eigenvalue weighted by Crippen LogP contribution is -2.31. The number of aryl methyl sites for hydroxylation is 2. The molecular weight excluding hydrogens is 300 g/mol. The number of hydrogen-bond donors (Lipinski definition) is 1. The lowest BCUT2D eigenvalue weighted by Gasteiger charge is -2.20. The maximum Gasteiger partial charge on any atom is 0.0403 e. The van der Waals surface area contributed by atoms with Crippen LogP contribution in [-0.4, -0.2) is 29.6 Å². The molecule has 0 spiro atoms. The highest BCUT2D eigenvalue weighted by molar-refractivity contribution is 9.10. The van der Waals surface area contributed by atoms with Crippen LogP contribution >= 0.6 is 15.9 Å². The first-order chi connectivity index (χ1) is 9.04. The first-order valence-electron chi connectivity index (χ1n) is 7.33. The second-order valence-corrected chi connectivity index (χ2v) is 7.07. The van der Waals surface area contributed by atoms with Gasteiger partial charge in [0, 0.05) is 34.8 Å². The summed E-state index contributed by atoms with van der Waals surface area (Å²) >= 11 is 3.64. The predicted molar refractivity (Wildman–Crippen MR) is 84.8 cm³/mol. The van der Waals surface area contributed by atoms with Gasteiger partial charge in [0.25, 0.3) is 0 Å². The predicted octanol–water partition coefficient (Wildman–Crippen LogP) is 4.10. The van der Waals surface area contributed by atoms with E-state index in [2.05, 4.69) is 59.1 Å². The van der Waals surface area contributed by atoms with Crippen molar-refractivity contribution in [2.24, 2.45) is 0 Å². The molecule has 3 rings (SSSR count). The lowest BCUT2D eigenvalue weighted by molar-refractivity contribution is 0.257. The summed E-state index contributed by atoms with van der Waals surface area (Å²) in [6.07, 6.45) is 4.09. The van der Waals surface area contributed by atoms with Gasteiger partial charge in [-0.25, -0.2) is 0 Å². The van der Waals surface area contributed by atoms with Crippen LogP contribution in [0.15, 0.2) is 16.6 Å². The summed E-state index contributed by atoms with van der Waals surface area (Å²) in [5.41, 5.74) is 3.90. The fourth-order valence-corrected chi connectivity index (χ4v) is 3.57. The Kier molecular flexibility index (Phi) is 3.61. The van der Waals surface area contributed by atoms with E-state index in [0.29, 0.717) is 6.04 Å². The molecule has 0 radical (unpaired) electrons. The molecule has 3 heteroatoms. The number of likely N-dealkylation sites (tertiary alicyclic amines) is 1.